The highest BCUT2D eigenvalue weighted by molar-refractivity contribution is 6.11. The topological polar surface area (TPSA) is 52.3 Å². The van der Waals surface area contributed by atoms with Gasteiger partial charge in [-0.05, 0) is 24.6 Å². The summed E-state index contributed by atoms with van der Waals surface area (Å²) in [7, 11) is 0. The fourth-order valence-corrected chi connectivity index (χ4v) is 2.02. The van der Waals surface area contributed by atoms with E-state index in [1.807, 2.05) is 24.3 Å². The van der Waals surface area contributed by atoms with Gasteiger partial charge in [-0.3, -0.25) is 4.79 Å². The number of halogens is 1. The van der Waals surface area contributed by atoms with Crippen molar-refractivity contribution < 1.29 is 9.53 Å². The molecule has 1 heterocycles. The van der Waals surface area contributed by atoms with Gasteiger partial charge in [-0.1, -0.05) is 24.3 Å². The highest BCUT2D eigenvalue weighted by Gasteiger charge is 2.25. The highest BCUT2D eigenvalue weighted by atomic mass is 35.5. The van der Waals surface area contributed by atoms with E-state index in [0.717, 1.165) is 5.57 Å². The zero-order valence-electron chi connectivity index (χ0n) is 9.55. The number of rotatable bonds is 0. The minimum absolute atomic E-state index is 0. The van der Waals surface area contributed by atoms with Gasteiger partial charge in [0.25, 0.3) is 0 Å². The van der Waals surface area contributed by atoms with Crippen molar-refractivity contribution in [2.24, 2.45) is 5.73 Å². The Hall–Kier alpha value is -2.00. The standard InChI is InChI=1S/C14H11NO2.ClH/c15-13-9-5-1-3-7-11(9)17-12-8-4-2-6-10(12)14(13)16;/h1-4,6-8H,5,15H2;1H. The van der Waals surface area contributed by atoms with Crippen molar-refractivity contribution in [2.75, 3.05) is 0 Å². The molecule has 0 spiro atoms. The number of Topliss-reactive ketones (excluding diaryl/α,β-unsaturated/α-hetero) is 1. The quantitative estimate of drug-likeness (QED) is 0.781. The van der Waals surface area contributed by atoms with Crippen LogP contribution in [0.15, 0.2) is 59.5 Å². The lowest BCUT2D eigenvalue weighted by molar-refractivity contribution is 0.103. The molecule has 2 N–H and O–H groups in total. The number of hydrogen-bond donors (Lipinski definition) is 1. The van der Waals surface area contributed by atoms with Crippen LogP contribution in [0.5, 0.6) is 5.75 Å². The second kappa shape index (κ2) is 4.70. The van der Waals surface area contributed by atoms with Gasteiger partial charge in [0.05, 0.1) is 11.3 Å². The van der Waals surface area contributed by atoms with E-state index in [-0.39, 0.29) is 23.9 Å². The lowest BCUT2D eigenvalue weighted by Crippen LogP contribution is -2.14. The third kappa shape index (κ3) is 1.83. The van der Waals surface area contributed by atoms with Gasteiger partial charge in [-0.2, -0.15) is 0 Å². The van der Waals surface area contributed by atoms with Gasteiger partial charge < -0.3 is 10.5 Å². The van der Waals surface area contributed by atoms with Gasteiger partial charge in [0.2, 0.25) is 5.78 Å². The minimum Gasteiger partial charge on any atom is -0.456 e. The summed E-state index contributed by atoms with van der Waals surface area (Å²) in [6.45, 7) is 0. The molecule has 18 heavy (non-hydrogen) atoms. The van der Waals surface area contributed by atoms with Gasteiger partial charge in [-0.15, -0.1) is 12.4 Å². The van der Waals surface area contributed by atoms with Crippen molar-refractivity contribution in [1.29, 1.82) is 0 Å². The van der Waals surface area contributed by atoms with E-state index in [9.17, 15) is 4.79 Å². The number of nitrogens with two attached hydrogens (primary N) is 1. The Kier molecular flexibility index (Phi) is 3.26. The lowest BCUT2D eigenvalue weighted by atomic mass is 10.00. The van der Waals surface area contributed by atoms with Crippen LogP contribution in [0, 0.1) is 0 Å². The highest BCUT2D eigenvalue weighted by Crippen LogP contribution is 2.32. The molecule has 0 atom stereocenters. The predicted octanol–water partition coefficient (Wildman–Crippen LogP) is 2.74. The molecule has 4 heteroatoms. The van der Waals surface area contributed by atoms with Crippen LogP contribution >= 0.6 is 12.4 Å². The summed E-state index contributed by atoms with van der Waals surface area (Å²) in [5.41, 5.74) is 7.50. The molecule has 1 aliphatic carbocycles. The van der Waals surface area contributed by atoms with Crippen LogP contribution in [-0.4, -0.2) is 5.78 Å². The molecule has 1 aliphatic heterocycles. The van der Waals surface area contributed by atoms with Gasteiger partial charge in [0.1, 0.15) is 11.5 Å². The van der Waals surface area contributed by atoms with E-state index in [1.165, 1.54) is 0 Å². The monoisotopic (exact) mass is 261 g/mol. The van der Waals surface area contributed by atoms with E-state index in [2.05, 4.69) is 0 Å². The molecule has 3 nitrogen and oxygen atoms in total. The first-order valence-corrected chi connectivity index (χ1v) is 5.45. The molecule has 0 fully saturated rings. The van der Waals surface area contributed by atoms with Crippen LogP contribution in [0.2, 0.25) is 0 Å². The van der Waals surface area contributed by atoms with Crippen molar-refractivity contribution in [1.82, 2.24) is 0 Å². The summed E-state index contributed by atoms with van der Waals surface area (Å²) in [6, 6.07) is 7.16. The van der Waals surface area contributed by atoms with Crippen molar-refractivity contribution >= 4 is 18.2 Å². The van der Waals surface area contributed by atoms with Gasteiger partial charge in [-0.25, -0.2) is 0 Å². The molecule has 2 aliphatic rings. The number of ketones is 1. The van der Waals surface area contributed by atoms with Crippen LogP contribution < -0.4 is 10.5 Å². The SMILES string of the molecule is Cl.NC1=C2CC=CC=C2Oc2ccccc2C1=O. The molecular weight excluding hydrogens is 250 g/mol. The van der Waals surface area contributed by atoms with E-state index in [1.54, 1.807) is 18.2 Å². The van der Waals surface area contributed by atoms with Crippen molar-refractivity contribution in [3.63, 3.8) is 0 Å². The summed E-state index contributed by atoms with van der Waals surface area (Å²) in [5, 5.41) is 0. The predicted molar refractivity (Wildman–Crippen MR) is 71.7 cm³/mol. The second-order valence-electron chi connectivity index (χ2n) is 3.98. The Balaban J connectivity index is 0.00000120. The Labute approximate surface area is 111 Å². The molecule has 0 amide bonds. The largest absolute Gasteiger partial charge is 0.456 e. The molecule has 1 aromatic rings. The molecule has 0 aromatic heterocycles. The average molecular weight is 262 g/mol. The van der Waals surface area contributed by atoms with Gasteiger partial charge in [0, 0.05) is 5.57 Å². The number of benzene rings is 1. The molecule has 0 saturated heterocycles. The Bertz CT molecular complexity index is 600. The molecule has 3 rings (SSSR count). The van der Waals surface area contributed by atoms with Crippen LogP contribution in [0.4, 0.5) is 0 Å². The number of para-hydroxylation sites is 1. The zero-order chi connectivity index (χ0) is 11.8. The minimum atomic E-state index is -0.158. The van der Waals surface area contributed by atoms with Crippen LogP contribution in [0.25, 0.3) is 0 Å². The van der Waals surface area contributed by atoms with E-state index in [0.29, 0.717) is 23.5 Å². The molecule has 0 bridgehead atoms. The van der Waals surface area contributed by atoms with Crippen molar-refractivity contribution in [3.8, 4) is 5.75 Å². The molecule has 1 aromatic carbocycles. The fraction of sp³-hybridized carbons (Fsp3) is 0.0714. The maximum Gasteiger partial charge on any atom is 0.212 e. The molecule has 92 valence electrons. The summed E-state index contributed by atoms with van der Waals surface area (Å²) >= 11 is 0. The number of hydrogen-bond acceptors (Lipinski definition) is 3. The first-order valence-electron chi connectivity index (χ1n) is 5.45. The van der Waals surface area contributed by atoms with Crippen LogP contribution in [0.1, 0.15) is 16.8 Å². The van der Waals surface area contributed by atoms with E-state index >= 15 is 0 Å². The number of fused-ring (bicyclic) bond motifs is 2. The Morgan fingerprint density at radius 3 is 2.83 bits per heavy atom. The third-order valence-corrected chi connectivity index (χ3v) is 2.92. The third-order valence-electron chi connectivity index (χ3n) is 2.92. The number of allylic oxidation sites excluding steroid dienone is 5. The summed E-state index contributed by atoms with van der Waals surface area (Å²) in [6.07, 6.45) is 6.33. The Morgan fingerprint density at radius 2 is 2.00 bits per heavy atom. The normalized spacial score (nSPS) is 16.9. The van der Waals surface area contributed by atoms with Gasteiger partial charge in [0.15, 0.2) is 0 Å². The smallest absolute Gasteiger partial charge is 0.212 e. The molecular formula is C14H12ClNO2. The first-order chi connectivity index (χ1) is 8.27. The first kappa shape index (κ1) is 12.5. The fourth-order valence-electron chi connectivity index (χ4n) is 2.02. The van der Waals surface area contributed by atoms with Crippen LogP contribution in [-0.2, 0) is 0 Å². The molecule has 0 saturated carbocycles. The number of carbonyl (C=O) groups is 1. The zero-order valence-corrected chi connectivity index (χ0v) is 10.4. The summed E-state index contributed by atoms with van der Waals surface area (Å²) in [4.78, 5) is 12.2. The maximum absolute atomic E-state index is 12.2. The molecule has 0 radical (unpaired) electrons. The number of carbonyl (C=O) groups excluding carboxylic acids is 1. The maximum atomic E-state index is 12.2. The lowest BCUT2D eigenvalue weighted by Gasteiger charge is -2.13. The Morgan fingerprint density at radius 1 is 1.22 bits per heavy atom. The van der Waals surface area contributed by atoms with Crippen LogP contribution in [0.3, 0.4) is 0 Å². The van der Waals surface area contributed by atoms with Crippen molar-refractivity contribution in [3.05, 3.63) is 65.1 Å². The number of ether oxygens (including phenoxy) is 1. The summed E-state index contributed by atoms with van der Waals surface area (Å²) in [5.74, 6) is 1.08. The molecule has 0 unspecified atom stereocenters. The summed E-state index contributed by atoms with van der Waals surface area (Å²) < 4.78 is 5.75. The second-order valence-corrected chi connectivity index (χ2v) is 3.98. The average Bonchev–Trinajstić information content (AvgIpc) is 2.48. The van der Waals surface area contributed by atoms with E-state index < -0.39 is 0 Å². The van der Waals surface area contributed by atoms with Gasteiger partial charge >= 0.3 is 0 Å². The van der Waals surface area contributed by atoms with Crippen molar-refractivity contribution in [2.45, 2.75) is 6.42 Å². The van der Waals surface area contributed by atoms with E-state index in [4.69, 9.17) is 10.5 Å².